The molecule has 8 nitrogen and oxygen atoms in total. The van der Waals surface area contributed by atoms with Crippen LogP contribution in [0.3, 0.4) is 0 Å². The number of carbonyl (C=O) groups is 2. The van der Waals surface area contributed by atoms with E-state index in [0.29, 0.717) is 28.8 Å². The van der Waals surface area contributed by atoms with E-state index in [1.54, 1.807) is 24.1 Å². The fourth-order valence-electron chi connectivity index (χ4n) is 4.82. The minimum absolute atomic E-state index is 0.0317. The molecule has 1 aliphatic rings. The van der Waals surface area contributed by atoms with E-state index in [1.807, 2.05) is 75.3 Å². The molecular weight excluding hydrogens is 528 g/mol. The number of methoxy groups -OCH3 is 1. The van der Waals surface area contributed by atoms with E-state index in [1.165, 1.54) is 0 Å². The summed E-state index contributed by atoms with van der Waals surface area (Å²) in [5, 5.41) is 6.17. The first-order valence-electron chi connectivity index (χ1n) is 13.5. The van der Waals surface area contributed by atoms with Crippen LogP contribution in [0.2, 0.25) is 5.02 Å². The zero-order chi connectivity index (χ0) is 29.0. The molecule has 1 aliphatic heterocycles. The predicted octanol–water partition coefficient (Wildman–Crippen LogP) is 6.41. The SMILES string of the molecule is CCNC(=O)Nc1cc(Cl)ccc1C1c2cc(OC(C)CC)c(OC)cc2CC(=O)N1c1ccc(N(C)C)cc1. The van der Waals surface area contributed by atoms with Crippen molar-refractivity contribution in [1.82, 2.24) is 5.32 Å². The van der Waals surface area contributed by atoms with Crippen molar-refractivity contribution in [3.63, 3.8) is 0 Å². The lowest BCUT2D eigenvalue weighted by atomic mass is 9.86. The smallest absolute Gasteiger partial charge is 0.319 e. The molecule has 3 amide bonds. The highest BCUT2D eigenvalue weighted by molar-refractivity contribution is 6.31. The number of rotatable bonds is 9. The number of halogens is 1. The molecule has 0 fully saturated rings. The second kappa shape index (κ2) is 12.5. The van der Waals surface area contributed by atoms with Crippen molar-refractivity contribution in [1.29, 1.82) is 0 Å². The Balaban J connectivity index is 1.95. The molecule has 0 bridgehead atoms. The number of hydrogen-bond donors (Lipinski definition) is 2. The minimum Gasteiger partial charge on any atom is -0.493 e. The van der Waals surface area contributed by atoms with Gasteiger partial charge in [0.15, 0.2) is 11.5 Å². The molecule has 0 aromatic heterocycles. The van der Waals surface area contributed by atoms with Gasteiger partial charge in [-0.3, -0.25) is 4.79 Å². The lowest BCUT2D eigenvalue weighted by molar-refractivity contribution is -0.118. The average Bonchev–Trinajstić information content (AvgIpc) is 2.92. The van der Waals surface area contributed by atoms with Gasteiger partial charge in [0.1, 0.15) is 0 Å². The van der Waals surface area contributed by atoms with Gasteiger partial charge in [0.05, 0.1) is 25.7 Å². The summed E-state index contributed by atoms with van der Waals surface area (Å²) in [5.74, 6) is 1.10. The van der Waals surface area contributed by atoms with Gasteiger partial charge in [-0.2, -0.15) is 0 Å². The third-order valence-corrected chi connectivity index (χ3v) is 7.27. The second-order valence-electron chi connectivity index (χ2n) is 10.0. The third kappa shape index (κ3) is 6.12. The van der Waals surface area contributed by atoms with Gasteiger partial charge in [-0.1, -0.05) is 24.6 Å². The van der Waals surface area contributed by atoms with Crippen molar-refractivity contribution in [3.05, 3.63) is 76.3 Å². The number of fused-ring (bicyclic) bond motifs is 1. The number of anilines is 3. The Morgan fingerprint density at radius 2 is 1.80 bits per heavy atom. The largest absolute Gasteiger partial charge is 0.493 e. The Morgan fingerprint density at radius 3 is 2.42 bits per heavy atom. The number of amides is 3. The number of ether oxygens (including phenoxy) is 2. The Bertz CT molecular complexity index is 1380. The van der Waals surface area contributed by atoms with Crippen LogP contribution in [0.25, 0.3) is 0 Å². The topological polar surface area (TPSA) is 83.1 Å². The van der Waals surface area contributed by atoms with Crippen molar-refractivity contribution in [3.8, 4) is 11.5 Å². The molecule has 40 heavy (non-hydrogen) atoms. The van der Waals surface area contributed by atoms with Crippen LogP contribution < -0.4 is 29.9 Å². The Hall–Kier alpha value is -3.91. The predicted molar refractivity (Wildman–Crippen MR) is 161 cm³/mol. The monoisotopic (exact) mass is 564 g/mol. The molecule has 2 unspecified atom stereocenters. The van der Waals surface area contributed by atoms with Crippen LogP contribution in [-0.4, -0.2) is 45.8 Å². The molecule has 2 atom stereocenters. The van der Waals surface area contributed by atoms with Gasteiger partial charge in [0.25, 0.3) is 0 Å². The molecule has 0 spiro atoms. The third-order valence-electron chi connectivity index (χ3n) is 7.03. The lowest BCUT2D eigenvalue weighted by Crippen LogP contribution is -2.41. The molecule has 0 radical (unpaired) electrons. The van der Waals surface area contributed by atoms with Crippen LogP contribution in [0.5, 0.6) is 11.5 Å². The minimum atomic E-state index is -0.569. The molecule has 212 valence electrons. The normalized spacial score (nSPS) is 15.2. The summed E-state index contributed by atoms with van der Waals surface area (Å²) in [4.78, 5) is 30.3. The number of benzene rings is 3. The molecule has 0 saturated heterocycles. The van der Waals surface area contributed by atoms with E-state index < -0.39 is 6.04 Å². The highest BCUT2D eigenvalue weighted by atomic mass is 35.5. The Kier molecular flexibility index (Phi) is 9.10. The summed E-state index contributed by atoms with van der Waals surface area (Å²) in [6.45, 7) is 6.38. The zero-order valence-corrected chi connectivity index (χ0v) is 24.6. The summed E-state index contributed by atoms with van der Waals surface area (Å²) in [5.41, 5.74) is 4.72. The first-order chi connectivity index (χ1) is 19.2. The van der Waals surface area contributed by atoms with Crippen LogP contribution in [0.4, 0.5) is 21.9 Å². The summed E-state index contributed by atoms with van der Waals surface area (Å²) in [6.07, 6.45) is 0.980. The van der Waals surface area contributed by atoms with Gasteiger partial charge < -0.3 is 29.9 Å². The number of hydrogen-bond acceptors (Lipinski definition) is 5. The maximum atomic E-state index is 13.9. The van der Waals surface area contributed by atoms with Crippen molar-refractivity contribution in [2.24, 2.45) is 0 Å². The van der Waals surface area contributed by atoms with Gasteiger partial charge in [-0.15, -0.1) is 0 Å². The average molecular weight is 565 g/mol. The molecule has 3 aromatic carbocycles. The van der Waals surface area contributed by atoms with E-state index >= 15 is 0 Å². The highest BCUT2D eigenvalue weighted by Crippen LogP contribution is 2.46. The van der Waals surface area contributed by atoms with Crippen molar-refractivity contribution >= 4 is 40.6 Å². The van der Waals surface area contributed by atoms with Gasteiger partial charge >= 0.3 is 6.03 Å². The molecule has 4 rings (SSSR count). The molecule has 3 aromatic rings. The van der Waals surface area contributed by atoms with Gasteiger partial charge in [0.2, 0.25) is 5.91 Å². The number of carbonyl (C=O) groups excluding carboxylic acids is 2. The van der Waals surface area contributed by atoms with Crippen LogP contribution in [-0.2, 0) is 11.2 Å². The van der Waals surface area contributed by atoms with Crippen molar-refractivity contribution < 1.29 is 19.1 Å². The summed E-state index contributed by atoms with van der Waals surface area (Å²) in [6, 6.07) is 16.1. The molecule has 0 saturated carbocycles. The van der Waals surface area contributed by atoms with Crippen LogP contribution in [0.1, 0.15) is 49.9 Å². The number of urea groups is 1. The molecule has 9 heteroatoms. The fraction of sp³-hybridized carbons (Fsp3) is 0.355. The Labute approximate surface area is 241 Å². The van der Waals surface area contributed by atoms with E-state index in [9.17, 15) is 9.59 Å². The summed E-state index contributed by atoms with van der Waals surface area (Å²) in [7, 11) is 5.54. The van der Waals surface area contributed by atoms with Crippen molar-refractivity contribution in [2.45, 2.75) is 45.8 Å². The lowest BCUT2D eigenvalue weighted by Gasteiger charge is -2.39. The number of nitrogens with one attached hydrogen (secondary N) is 2. The van der Waals surface area contributed by atoms with Crippen LogP contribution >= 0.6 is 11.6 Å². The van der Waals surface area contributed by atoms with Gasteiger partial charge in [-0.05, 0) is 79.9 Å². The molecule has 0 aliphatic carbocycles. The molecular formula is C31H37ClN4O4. The van der Waals surface area contributed by atoms with Crippen LogP contribution in [0.15, 0.2) is 54.6 Å². The maximum absolute atomic E-state index is 13.9. The summed E-state index contributed by atoms with van der Waals surface area (Å²) < 4.78 is 11.9. The fourth-order valence-corrected chi connectivity index (χ4v) is 4.99. The quantitative estimate of drug-likeness (QED) is 0.314. The van der Waals surface area contributed by atoms with Crippen LogP contribution in [0, 0.1) is 0 Å². The molecule has 2 N–H and O–H groups in total. The van der Waals surface area contributed by atoms with E-state index in [0.717, 1.165) is 34.5 Å². The second-order valence-corrected chi connectivity index (χ2v) is 10.4. The summed E-state index contributed by atoms with van der Waals surface area (Å²) >= 11 is 6.39. The highest BCUT2D eigenvalue weighted by Gasteiger charge is 2.37. The van der Waals surface area contributed by atoms with Gasteiger partial charge in [-0.25, -0.2) is 4.79 Å². The standard InChI is InChI=1S/C31H37ClN4O4/c1-7-19(3)40-28-18-25-20(15-27(28)39-6)16-29(37)36(23-12-10-22(11-13-23)35(4)5)30(25)24-14-9-21(32)17-26(24)34-31(38)33-8-2/h9-15,17-19,30H,7-8,16H2,1-6H3,(H2,33,34,38). The number of nitrogens with zero attached hydrogens (tertiary/aromatic N) is 2. The molecule has 1 heterocycles. The Morgan fingerprint density at radius 1 is 1.07 bits per heavy atom. The van der Waals surface area contributed by atoms with E-state index in [4.69, 9.17) is 21.1 Å². The van der Waals surface area contributed by atoms with E-state index in [-0.39, 0.29) is 24.5 Å². The van der Waals surface area contributed by atoms with Crippen molar-refractivity contribution in [2.75, 3.05) is 42.9 Å². The van der Waals surface area contributed by atoms with E-state index in [2.05, 4.69) is 17.6 Å². The first kappa shape index (κ1) is 29.1. The van der Waals surface area contributed by atoms with Gasteiger partial charge in [0, 0.05) is 48.3 Å². The zero-order valence-electron chi connectivity index (χ0n) is 23.9. The first-order valence-corrected chi connectivity index (χ1v) is 13.9. The maximum Gasteiger partial charge on any atom is 0.319 e.